The van der Waals surface area contributed by atoms with Crippen molar-refractivity contribution in [3.8, 4) is 5.75 Å². The SMILES string of the molecule is C=C(NNS(=O)(=O)c1ccc(OCC)cc1)c1cccc(NC(C)=O)c1. The summed E-state index contributed by atoms with van der Waals surface area (Å²) in [6.45, 7) is 7.57. The Kier molecular flexibility index (Phi) is 6.37. The first-order chi connectivity index (χ1) is 12.3. The Hall–Kier alpha value is -2.84. The van der Waals surface area contributed by atoms with Crippen LogP contribution in [0.1, 0.15) is 19.4 Å². The third kappa shape index (κ3) is 5.33. The molecule has 0 spiro atoms. The average molecular weight is 375 g/mol. The van der Waals surface area contributed by atoms with Gasteiger partial charge in [0.2, 0.25) is 5.91 Å². The number of benzene rings is 2. The number of nitrogens with one attached hydrogen (secondary N) is 3. The summed E-state index contributed by atoms with van der Waals surface area (Å²) in [7, 11) is -3.77. The summed E-state index contributed by atoms with van der Waals surface area (Å²) in [5.41, 5.74) is 4.14. The van der Waals surface area contributed by atoms with Crippen molar-refractivity contribution < 1.29 is 17.9 Å². The van der Waals surface area contributed by atoms with E-state index in [4.69, 9.17) is 4.74 Å². The normalized spacial score (nSPS) is 10.8. The van der Waals surface area contributed by atoms with E-state index >= 15 is 0 Å². The molecule has 0 saturated carbocycles. The second-order valence-corrected chi connectivity index (χ2v) is 7.06. The maximum Gasteiger partial charge on any atom is 0.257 e. The molecular weight excluding hydrogens is 354 g/mol. The molecule has 0 saturated heterocycles. The van der Waals surface area contributed by atoms with E-state index in [9.17, 15) is 13.2 Å². The lowest BCUT2D eigenvalue weighted by Gasteiger charge is -2.13. The van der Waals surface area contributed by atoms with Crippen molar-refractivity contribution >= 4 is 27.3 Å². The molecule has 0 bridgehead atoms. The molecule has 26 heavy (non-hydrogen) atoms. The quantitative estimate of drug-likeness (QED) is 0.616. The van der Waals surface area contributed by atoms with Gasteiger partial charge in [-0.25, -0.2) is 8.42 Å². The number of sulfonamides is 1. The first-order valence-electron chi connectivity index (χ1n) is 7.89. The highest BCUT2D eigenvalue weighted by Crippen LogP contribution is 2.17. The number of hydrazine groups is 1. The van der Waals surface area contributed by atoms with E-state index in [1.807, 2.05) is 6.92 Å². The smallest absolute Gasteiger partial charge is 0.257 e. The first kappa shape index (κ1) is 19.5. The standard InChI is InChI=1S/C18H21N3O4S/c1-4-25-17-8-10-18(11-9-17)26(23,24)21-20-13(2)15-6-5-7-16(12-15)19-14(3)22/h5-12,20-21H,2,4H2,1,3H3,(H,19,22). The van der Waals surface area contributed by atoms with Gasteiger partial charge in [0, 0.05) is 23.9 Å². The van der Waals surface area contributed by atoms with E-state index in [0.717, 1.165) is 0 Å². The van der Waals surface area contributed by atoms with Crippen LogP contribution in [-0.2, 0) is 14.8 Å². The van der Waals surface area contributed by atoms with Gasteiger partial charge in [0.05, 0.1) is 11.5 Å². The van der Waals surface area contributed by atoms with Crippen LogP contribution >= 0.6 is 0 Å². The lowest BCUT2D eigenvalue weighted by atomic mass is 10.1. The number of anilines is 1. The Morgan fingerprint density at radius 2 is 1.85 bits per heavy atom. The summed E-state index contributed by atoms with van der Waals surface area (Å²) in [4.78, 5) is 13.5. The zero-order valence-electron chi connectivity index (χ0n) is 14.6. The minimum atomic E-state index is -3.77. The zero-order chi connectivity index (χ0) is 19.2. The second-order valence-electron chi connectivity index (χ2n) is 5.38. The van der Waals surface area contributed by atoms with E-state index in [2.05, 4.69) is 22.2 Å². The molecule has 1 amide bonds. The topological polar surface area (TPSA) is 96.5 Å². The Labute approximate surface area is 153 Å². The highest BCUT2D eigenvalue weighted by Gasteiger charge is 2.14. The van der Waals surface area contributed by atoms with Gasteiger partial charge in [-0.15, -0.1) is 4.83 Å². The van der Waals surface area contributed by atoms with Crippen LogP contribution in [0.4, 0.5) is 5.69 Å². The fourth-order valence-electron chi connectivity index (χ4n) is 2.13. The fourth-order valence-corrected chi connectivity index (χ4v) is 3.00. The van der Waals surface area contributed by atoms with Gasteiger partial charge in [-0.1, -0.05) is 18.7 Å². The Bertz CT molecular complexity index is 893. The minimum Gasteiger partial charge on any atom is -0.494 e. The maximum atomic E-state index is 12.3. The van der Waals surface area contributed by atoms with Crippen molar-refractivity contribution in [2.75, 3.05) is 11.9 Å². The van der Waals surface area contributed by atoms with Crippen LogP contribution < -0.4 is 20.3 Å². The fraction of sp³-hybridized carbons (Fsp3) is 0.167. The van der Waals surface area contributed by atoms with Crippen LogP contribution in [0.3, 0.4) is 0 Å². The van der Waals surface area contributed by atoms with Crippen molar-refractivity contribution in [2.24, 2.45) is 0 Å². The molecule has 2 aromatic rings. The van der Waals surface area contributed by atoms with Gasteiger partial charge in [0.15, 0.2) is 0 Å². The van der Waals surface area contributed by atoms with E-state index in [1.54, 1.807) is 36.4 Å². The molecule has 2 aromatic carbocycles. The molecule has 0 aromatic heterocycles. The molecule has 3 N–H and O–H groups in total. The van der Waals surface area contributed by atoms with Gasteiger partial charge in [-0.05, 0) is 43.3 Å². The molecule has 0 fully saturated rings. The van der Waals surface area contributed by atoms with Crippen LogP contribution in [0, 0.1) is 0 Å². The lowest BCUT2D eigenvalue weighted by molar-refractivity contribution is -0.114. The predicted molar refractivity (Wildman–Crippen MR) is 101 cm³/mol. The van der Waals surface area contributed by atoms with Crippen LogP contribution in [0.2, 0.25) is 0 Å². The van der Waals surface area contributed by atoms with E-state index in [-0.39, 0.29) is 10.8 Å². The molecule has 0 heterocycles. The lowest BCUT2D eigenvalue weighted by Crippen LogP contribution is -2.35. The number of hydrogen-bond donors (Lipinski definition) is 3. The van der Waals surface area contributed by atoms with Crippen molar-refractivity contribution in [1.82, 2.24) is 10.3 Å². The van der Waals surface area contributed by atoms with Crippen LogP contribution in [0.15, 0.2) is 60.0 Å². The summed E-state index contributed by atoms with van der Waals surface area (Å²) >= 11 is 0. The number of hydrogen-bond acceptors (Lipinski definition) is 5. The van der Waals surface area contributed by atoms with Gasteiger partial charge in [-0.2, -0.15) is 0 Å². The van der Waals surface area contributed by atoms with Crippen LogP contribution in [-0.4, -0.2) is 20.9 Å². The molecule has 7 nitrogen and oxygen atoms in total. The summed E-state index contributed by atoms with van der Waals surface area (Å²) in [5, 5.41) is 2.66. The maximum absolute atomic E-state index is 12.3. The van der Waals surface area contributed by atoms with Crippen molar-refractivity contribution in [2.45, 2.75) is 18.7 Å². The Morgan fingerprint density at radius 3 is 2.46 bits per heavy atom. The van der Waals surface area contributed by atoms with E-state index in [1.165, 1.54) is 19.1 Å². The van der Waals surface area contributed by atoms with Gasteiger partial charge in [-0.3, -0.25) is 4.79 Å². The molecule has 0 atom stereocenters. The summed E-state index contributed by atoms with van der Waals surface area (Å²) in [6.07, 6.45) is 0. The van der Waals surface area contributed by atoms with Gasteiger partial charge < -0.3 is 15.5 Å². The third-order valence-electron chi connectivity index (χ3n) is 3.31. The summed E-state index contributed by atoms with van der Waals surface area (Å²) in [5.74, 6) is 0.399. The van der Waals surface area contributed by atoms with Crippen molar-refractivity contribution in [1.29, 1.82) is 0 Å². The first-order valence-corrected chi connectivity index (χ1v) is 9.38. The molecule has 0 unspecified atom stereocenters. The van der Waals surface area contributed by atoms with Crippen molar-refractivity contribution in [3.05, 3.63) is 60.7 Å². The largest absolute Gasteiger partial charge is 0.494 e. The van der Waals surface area contributed by atoms with Gasteiger partial charge in [0.25, 0.3) is 10.0 Å². The summed E-state index contributed by atoms with van der Waals surface area (Å²) in [6, 6.07) is 13.0. The zero-order valence-corrected chi connectivity index (χ0v) is 15.4. The number of rotatable bonds is 8. The Morgan fingerprint density at radius 1 is 1.15 bits per heavy atom. The van der Waals surface area contributed by atoms with Gasteiger partial charge in [0.1, 0.15) is 5.75 Å². The van der Waals surface area contributed by atoms with Crippen molar-refractivity contribution in [3.63, 3.8) is 0 Å². The summed E-state index contributed by atoms with van der Waals surface area (Å²) < 4.78 is 30.0. The van der Waals surface area contributed by atoms with Gasteiger partial charge >= 0.3 is 0 Å². The average Bonchev–Trinajstić information content (AvgIpc) is 2.60. The minimum absolute atomic E-state index is 0.0910. The number of amides is 1. The highest BCUT2D eigenvalue weighted by atomic mass is 32.2. The Balaban J connectivity index is 2.04. The van der Waals surface area contributed by atoms with E-state index < -0.39 is 10.0 Å². The molecule has 0 aliphatic rings. The van der Waals surface area contributed by atoms with E-state index in [0.29, 0.717) is 29.3 Å². The molecule has 0 aliphatic carbocycles. The number of carbonyl (C=O) groups excluding carboxylic acids is 1. The molecule has 0 aliphatic heterocycles. The number of ether oxygens (including phenoxy) is 1. The second kappa shape index (κ2) is 8.50. The third-order valence-corrected chi connectivity index (χ3v) is 4.58. The number of carbonyl (C=O) groups is 1. The van der Waals surface area contributed by atoms with Crippen LogP contribution in [0.5, 0.6) is 5.75 Å². The molecular formula is C18H21N3O4S. The van der Waals surface area contributed by atoms with Crippen LogP contribution in [0.25, 0.3) is 5.70 Å². The highest BCUT2D eigenvalue weighted by molar-refractivity contribution is 7.89. The predicted octanol–water partition coefficient (Wildman–Crippen LogP) is 2.50. The molecule has 8 heteroatoms. The molecule has 0 radical (unpaired) electrons. The molecule has 138 valence electrons. The molecule has 2 rings (SSSR count). The monoisotopic (exact) mass is 375 g/mol.